The zero-order valence-corrected chi connectivity index (χ0v) is 19.7. The molecule has 4 rings (SSSR count). The Balaban J connectivity index is 1.52. The first kappa shape index (κ1) is 25.6. The van der Waals surface area contributed by atoms with Crippen molar-refractivity contribution in [2.45, 2.75) is 44.3 Å². The molecule has 8 nitrogen and oxygen atoms in total. The van der Waals surface area contributed by atoms with Crippen molar-refractivity contribution in [3.63, 3.8) is 0 Å². The van der Waals surface area contributed by atoms with Gasteiger partial charge in [-0.3, -0.25) is 4.72 Å². The first-order valence-electron chi connectivity index (χ1n) is 11.2. The number of nitrogens with one attached hydrogen (secondary N) is 2. The molecule has 0 saturated heterocycles. The largest absolute Gasteiger partial charge is 0.438 e. The molecule has 0 atom stereocenters. The lowest BCUT2D eigenvalue weighted by atomic mass is 9.96. The molecule has 13 heteroatoms. The first-order chi connectivity index (χ1) is 17.1. The van der Waals surface area contributed by atoms with Crippen LogP contribution < -0.4 is 14.8 Å². The van der Waals surface area contributed by atoms with E-state index < -0.39 is 33.5 Å². The topological polar surface area (TPSA) is 106 Å². The molecule has 2 N–H and O–H groups in total. The average molecular weight is 526 g/mol. The minimum atomic E-state index is -4.96. The Labute approximate surface area is 205 Å². The van der Waals surface area contributed by atoms with E-state index in [4.69, 9.17) is 4.74 Å². The fourth-order valence-electron chi connectivity index (χ4n) is 3.85. The quantitative estimate of drug-likeness (QED) is 0.373. The van der Waals surface area contributed by atoms with Gasteiger partial charge in [0.2, 0.25) is 21.9 Å². The van der Waals surface area contributed by atoms with E-state index in [9.17, 15) is 26.0 Å². The lowest BCUT2D eigenvalue weighted by molar-refractivity contribution is -0.106. The number of hydrogen-bond acceptors (Lipinski definition) is 7. The summed E-state index contributed by atoms with van der Waals surface area (Å²) >= 11 is 0. The zero-order valence-electron chi connectivity index (χ0n) is 18.9. The van der Waals surface area contributed by atoms with E-state index in [0.29, 0.717) is 23.2 Å². The summed E-state index contributed by atoms with van der Waals surface area (Å²) in [6.07, 6.45) is 3.71. The highest BCUT2D eigenvalue weighted by molar-refractivity contribution is 7.92. The van der Waals surface area contributed by atoms with Crippen LogP contribution in [0.4, 0.5) is 29.2 Å². The smallest absolute Gasteiger partial charge is 0.404 e. The number of anilines is 2. The number of sulfonamides is 1. The van der Waals surface area contributed by atoms with E-state index in [1.807, 2.05) is 0 Å². The van der Waals surface area contributed by atoms with Crippen molar-refractivity contribution in [3.05, 3.63) is 54.6 Å². The summed E-state index contributed by atoms with van der Waals surface area (Å²) in [6, 6.07) is 8.40. The third-order valence-corrected chi connectivity index (χ3v) is 6.65. The van der Waals surface area contributed by atoms with Gasteiger partial charge >= 0.3 is 6.18 Å². The van der Waals surface area contributed by atoms with Gasteiger partial charge in [0.1, 0.15) is 5.75 Å². The molecular formula is C23H23F4N5O3S. The van der Waals surface area contributed by atoms with E-state index in [2.05, 4.69) is 20.3 Å². The summed E-state index contributed by atoms with van der Waals surface area (Å²) in [5.41, 5.74) is 0.382. The number of nitrogens with zero attached hydrogens (tertiary/aromatic N) is 3. The van der Waals surface area contributed by atoms with Crippen LogP contribution in [0.3, 0.4) is 0 Å². The second-order valence-electron chi connectivity index (χ2n) is 8.32. The standard InChI is InChI=1S/C23H23F4N5O3S/c24-18-13-16(8-9-20(18)32-36(33,34)14-23(25,26)27)35-21-17(7-4-11-28-21)19-10-12-29-22(31-19)30-15-5-2-1-3-6-15/h4,7-13,15,32H,1-3,5-6,14H2,(H,29,30,31). The van der Waals surface area contributed by atoms with Crippen LogP contribution in [0.2, 0.25) is 0 Å². The number of pyridine rings is 1. The van der Waals surface area contributed by atoms with Crippen molar-refractivity contribution in [2.75, 3.05) is 15.8 Å². The fraction of sp³-hybridized carbons (Fsp3) is 0.348. The molecule has 0 radical (unpaired) electrons. The van der Waals surface area contributed by atoms with Gasteiger partial charge < -0.3 is 10.1 Å². The maximum atomic E-state index is 14.5. The summed E-state index contributed by atoms with van der Waals surface area (Å²) in [6.45, 7) is 0. The zero-order chi connectivity index (χ0) is 25.8. The number of ether oxygens (including phenoxy) is 1. The maximum Gasteiger partial charge on any atom is 0.404 e. The van der Waals surface area contributed by atoms with Gasteiger partial charge in [-0.05, 0) is 43.2 Å². The van der Waals surface area contributed by atoms with E-state index >= 15 is 0 Å². The van der Waals surface area contributed by atoms with Crippen LogP contribution in [-0.2, 0) is 10.0 Å². The molecule has 0 amide bonds. The van der Waals surface area contributed by atoms with Gasteiger partial charge in [-0.15, -0.1) is 0 Å². The Morgan fingerprint density at radius 3 is 2.53 bits per heavy atom. The lowest BCUT2D eigenvalue weighted by Gasteiger charge is -2.22. The maximum absolute atomic E-state index is 14.5. The third-order valence-electron chi connectivity index (χ3n) is 5.42. The van der Waals surface area contributed by atoms with Crippen LogP contribution in [-0.4, -0.2) is 41.3 Å². The summed E-state index contributed by atoms with van der Waals surface area (Å²) < 4.78 is 82.4. The van der Waals surface area contributed by atoms with Crippen LogP contribution in [0.25, 0.3) is 11.3 Å². The number of alkyl halides is 3. The first-order valence-corrected chi connectivity index (χ1v) is 12.8. The van der Waals surface area contributed by atoms with E-state index in [1.165, 1.54) is 18.7 Å². The number of rotatable bonds is 8. The van der Waals surface area contributed by atoms with Crippen LogP contribution in [0.1, 0.15) is 32.1 Å². The molecule has 3 aromatic rings. The molecule has 1 aromatic carbocycles. The molecule has 0 unspecified atom stereocenters. The molecule has 36 heavy (non-hydrogen) atoms. The van der Waals surface area contributed by atoms with Gasteiger partial charge in [-0.25, -0.2) is 27.8 Å². The third kappa shape index (κ3) is 7.03. The minimum absolute atomic E-state index is 0.0409. The summed E-state index contributed by atoms with van der Waals surface area (Å²) in [4.78, 5) is 13.0. The van der Waals surface area contributed by atoms with Crippen molar-refractivity contribution < 1.29 is 30.7 Å². The lowest BCUT2D eigenvalue weighted by Crippen LogP contribution is -2.28. The number of halogens is 4. The second-order valence-corrected chi connectivity index (χ2v) is 10.0. The van der Waals surface area contributed by atoms with Gasteiger partial charge in [0, 0.05) is 24.5 Å². The Morgan fingerprint density at radius 1 is 1.03 bits per heavy atom. The van der Waals surface area contributed by atoms with Gasteiger partial charge in [-0.1, -0.05) is 19.3 Å². The molecule has 0 spiro atoms. The van der Waals surface area contributed by atoms with E-state index in [1.54, 1.807) is 29.1 Å². The van der Waals surface area contributed by atoms with E-state index in [-0.39, 0.29) is 11.6 Å². The van der Waals surface area contributed by atoms with Crippen molar-refractivity contribution >= 4 is 21.7 Å². The fourth-order valence-corrected chi connectivity index (χ4v) is 4.85. The normalized spacial score (nSPS) is 14.9. The number of hydrogen-bond donors (Lipinski definition) is 2. The Kier molecular flexibility index (Phi) is 7.57. The molecule has 192 valence electrons. The average Bonchev–Trinajstić information content (AvgIpc) is 2.80. The molecule has 1 aliphatic rings. The number of benzene rings is 1. The van der Waals surface area contributed by atoms with Gasteiger partial charge in [-0.2, -0.15) is 13.2 Å². The molecule has 0 aliphatic heterocycles. The predicted molar refractivity (Wildman–Crippen MR) is 126 cm³/mol. The second kappa shape index (κ2) is 10.6. The monoisotopic (exact) mass is 525 g/mol. The van der Waals surface area contributed by atoms with Crippen molar-refractivity contribution in [3.8, 4) is 22.9 Å². The predicted octanol–water partition coefficient (Wildman–Crippen LogP) is 5.52. The highest BCUT2D eigenvalue weighted by atomic mass is 32.2. The molecule has 2 aromatic heterocycles. The number of aromatic nitrogens is 3. The van der Waals surface area contributed by atoms with Crippen LogP contribution in [0, 0.1) is 5.82 Å². The highest BCUT2D eigenvalue weighted by Crippen LogP contribution is 2.32. The molecule has 0 bridgehead atoms. The summed E-state index contributed by atoms with van der Waals surface area (Å²) in [5, 5.41) is 3.35. The minimum Gasteiger partial charge on any atom is -0.438 e. The van der Waals surface area contributed by atoms with Gasteiger partial charge in [0.25, 0.3) is 0 Å². The summed E-state index contributed by atoms with van der Waals surface area (Å²) in [7, 11) is -4.83. The summed E-state index contributed by atoms with van der Waals surface area (Å²) in [5.74, 6) is -2.72. The Morgan fingerprint density at radius 2 is 1.81 bits per heavy atom. The van der Waals surface area contributed by atoms with E-state index in [0.717, 1.165) is 37.8 Å². The highest BCUT2D eigenvalue weighted by Gasteiger charge is 2.35. The molecule has 2 heterocycles. The van der Waals surface area contributed by atoms with Crippen LogP contribution in [0.15, 0.2) is 48.8 Å². The van der Waals surface area contributed by atoms with Crippen LogP contribution >= 0.6 is 0 Å². The van der Waals surface area contributed by atoms with Gasteiger partial charge in [0.05, 0.1) is 16.9 Å². The molecule has 1 aliphatic carbocycles. The van der Waals surface area contributed by atoms with Crippen molar-refractivity contribution in [2.24, 2.45) is 0 Å². The Bertz CT molecular complexity index is 1320. The van der Waals surface area contributed by atoms with Crippen molar-refractivity contribution in [1.29, 1.82) is 0 Å². The van der Waals surface area contributed by atoms with Crippen molar-refractivity contribution in [1.82, 2.24) is 15.0 Å². The van der Waals surface area contributed by atoms with Gasteiger partial charge in [0.15, 0.2) is 11.6 Å². The molecule has 1 saturated carbocycles. The molecular weight excluding hydrogens is 502 g/mol. The SMILES string of the molecule is O=S(=O)(CC(F)(F)F)Nc1ccc(Oc2ncccc2-c2ccnc(NC3CCCCC3)n2)cc1F. The Hall–Kier alpha value is -3.48. The van der Waals surface area contributed by atoms with Crippen LogP contribution in [0.5, 0.6) is 11.6 Å². The molecule has 1 fully saturated rings.